The molecule has 5 rings (SSSR count). The number of aromatic nitrogens is 2. The van der Waals surface area contributed by atoms with Crippen LogP contribution in [0.25, 0.3) is 17.0 Å². The van der Waals surface area contributed by atoms with E-state index in [0.29, 0.717) is 31.2 Å². The Morgan fingerprint density at radius 2 is 1.91 bits per heavy atom. The molecule has 2 aromatic carbocycles. The van der Waals surface area contributed by atoms with Crippen molar-refractivity contribution in [3.05, 3.63) is 102 Å². The Bertz CT molecular complexity index is 1680. The summed E-state index contributed by atoms with van der Waals surface area (Å²) in [5.74, 6) is -0.501. The quantitative estimate of drug-likeness (QED) is 0.377. The van der Waals surface area contributed by atoms with Gasteiger partial charge in [0.2, 0.25) is 0 Å². The maximum absolute atomic E-state index is 13.8. The maximum atomic E-state index is 13.8. The molecule has 2 aromatic heterocycles. The van der Waals surface area contributed by atoms with E-state index in [9.17, 15) is 9.59 Å². The van der Waals surface area contributed by atoms with Gasteiger partial charge in [0, 0.05) is 34.2 Å². The van der Waals surface area contributed by atoms with Gasteiger partial charge in [0.1, 0.15) is 6.04 Å². The van der Waals surface area contributed by atoms with Crippen LogP contribution in [0, 0.1) is 0 Å². The average Bonchev–Trinajstić information content (AvgIpc) is 3.36. The number of halogens is 1. The summed E-state index contributed by atoms with van der Waals surface area (Å²) in [6.45, 7) is 6.65. The van der Waals surface area contributed by atoms with E-state index < -0.39 is 12.0 Å². The first-order valence-electron chi connectivity index (χ1n) is 11.5. The molecule has 1 aliphatic heterocycles. The van der Waals surface area contributed by atoms with Crippen molar-refractivity contribution >= 4 is 45.9 Å². The van der Waals surface area contributed by atoms with E-state index in [1.807, 2.05) is 36.4 Å². The van der Waals surface area contributed by atoms with Crippen LogP contribution >= 0.6 is 22.9 Å². The normalized spacial score (nSPS) is 15.9. The van der Waals surface area contributed by atoms with Gasteiger partial charge >= 0.3 is 5.97 Å². The number of thiazole rings is 1. The largest absolute Gasteiger partial charge is 0.463 e. The van der Waals surface area contributed by atoms with E-state index in [1.54, 1.807) is 24.5 Å². The van der Waals surface area contributed by atoms with Crippen molar-refractivity contribution in [1.29, 1.82) is 0 Å². The first kappa shape index (κ1) is 23.3. The summed E-state index contributed by atoms with van der Waals surface area (Å²) >= 11 is 7.87. The van der Waals surface area contributed by atoms with Crippen molar-refractivity contribution in [1.82, 2.24) is 9.13 Å². The first-order chi connectivity index (χ1) is 16.9. The lowest BCUT2D eigenvalue weighted by molar-refractivity contribution is -0.139. The van der Waals surface area contributed by atoms with Crippen molar-refractivity contribution in [2.45, 2.75) is 33.4 Å². The van der Waals surface area contributed by atoms with Crippen LogP contribution in [0.5, 0.6) is 0 Å². The minimum Gasteiger partial charge on any atom is -0.463 e. The standard InChI is InChI=1S/C27H24ClN3O3S/c1-4-30-15-17(18-10-7-9-13-21(18)30)14-22-25(32)31-24(19-11-6-8-12-20(19)28)23(26(33)34-5-2)16(3)29-27(31)35-22/h6-15,24H,4-5H2,1-3H3/b22-14-/t24-/m1/s1. The van der Waals surface area contributed by atoms with Crippen molar-refractivity contribution < 1.29 is 9.53 Å². The molecular formula is C27H24ClN3O3S. The molecule has 0 unspecified atom stereocenters. The van der Waals surface area contributed by atoms with Gasteiger partial charge in [-0.05, 0) is 44.5 Å². The third kappa shape index (κ3) is 3.94. The summed E-state index contributed by atoms with van der Waals surface area (Å²) in [6.07, 6.45) is 3.97. The van der Waals surface area contributed by atoms with Crippen LogP contribution in [0.15, 0.2) is 75.8 Å². The zero-order chi connectivity index (χ0) is 24.7. The molecule has 0 radical (unpaired) electrons. The highest BCUT2D eigenvalue weighted by Gasteiger charge is 2.34. The van der Waals surface area contributed by atoms with E-state index in [4.69, 9.17) is 16.3 Å². The van der Waals surface area contributed by atoms with Gasteiger partial charge in [-0.15, -0.1) is 0 Å². The third-order valence-electron chi connectivity index (χ3n) is 6.16. The second-order valence-corrected chi connectivity index (χ2v) is 9.63. The molecule has 178 valence electrons. The van der Waals surface area contributed by atoms with Gasteiger partial charge in [-0.2, -0.15) is 0 Å². The second-order valence-electron chi connectivity index (χ2n) is 8.21. The molecule has 0 spiro atoms. The van der Waals surface area contributed by atoms with Gasteiger partial charge in [-0.25, -0.2) is 9.79 Å². The number of carbonyl (C=O) groups excluding carboxylic acids is 1. The number of allylic oxidation sites excluding steroid dienone is 1. The summed E-state index contributed by atoms with van der Waals surface area (Å²) in [6, 6.07) is 14.7. The predicted molar refractivity (Wildman–Crippen MR) is 139 cm³/mol. The Hall–Kier alpha value is -3.42. The molecule has 3 heterocycles. The van der Waals surface area contributed by atoms with Crippen molar-refractivity contribution in [3.63, 3.8) is 0 Å². The number of esters is 1. The molecule has 0 saturated heterocycles. The first-order valence-corrected chi connectivity index (χ1v) is 12.7. The number of para-hydroxylation sites is 1. The zero-order valence-corrected chi connectivity index (χ0v) is 21.2. The topological polar surface area (TPSA) is 65.6 Å². The second kappa shape index (κ2) is 9.32. The Balaban J connectivity index is 1.77. The number of nitrogens with zero attached hydrogens (tertiary/aromatic N) is 3. The summed E-state index contributed by atoms with van der Waals surface area (Å²) in [5.41, 5.74) is 3.35. The van der Waals surface area contributed by atoms with Crippen LogP contribution in [0.1, 0.15) is 37.9 Å². The van der Waals surface area contributed by atoms with Crippen LogP contribution < -0.4 is 14.9 Å². The Morgan fingerprint density at radius 3 is 2.66 bits per heavy atom. The van der Waals surface area contributed by atoms with Crippen molar-refractivity contribution in [3.8, 4) is 0 Å². The minimum absolute atomic E-state index is 0.219. The number of benzene rings is 2. The average molecular weight is 506 g/mol. The van der Waals surface area contributed by atoms with E-state index in [-0.39, 0.29) is 12.2 Å². The van der Waals surface area contributed by atoms with Gasteiger partial charge in [0.25, 0.3) is 5.56 Å². The van der Waals surface area contributed by atoms with Gasteiger partial charge in [0.15, 0.2) is 4.80 Å². The van der Waals surface area contributed by atoms with Crippen LogP contribution in [-0.2, 0) is 16.1 Å². The molecule has 35 heavy (non-hydrogen) atoms. The van der Waals surface area contributed by atoms with Crippen LogP contribution in [0.2, 0.25) is 5.02 Å². The Morgan fingerprint density at radius 1 is 1.17 bits per heavy atom. The molecule has 0 saturated carbocycles. The van der Waals surface area contributed by atoms with E-state index in [1.165, 1.54) is 11.3 Å². The molecule has 0 fully saturated rings. The fourth-order valence-corrected chi connectivity index (χ4v) is 5.85. The van der Waals surface area contributed by atoms with Crippen LogP contribution in [0.4, 0.5) is 0 Å². The predicted octanol–water partition coefficient (Wildman–Crippen LogP) is 4.43. The molecule has 8 heteroatoms. The summed E-state index contributed by atoms with van der Waals surface area (Å²) < 4.78 is 9.61. The summed E-state index contributed by atoms with van der Waals surface area (Å²) in [4.78, 5) is 32.0. The van der Waals surface area contributed by atoms with Gasteiger partial charge in [-0.3, -0.25) is 9.36 Å². The van der Waals surface area contributed by atoms with Crippen molar-refractivity contribution in [2.75, 3.05) is 6.61 Å². The minimum atomic E-state index is -0.724. The molecule has 0 aliphatic carbocycles. The fourth-order valence-electron chi connectivity index (χ4n) is 4.58. The lowest BCUT2D eigenvalue weighted by atomic mass is 9.96. The third-order valence-corrected chi connectivity index (χ3v) is 7.49. The van der Waals surface area contributed by atoms with E-state index in [0.717, 1.165) is 23.0 Å². The number of ether oxygens (including phenoxy) is 1. The van der Waals surface area contributed by atoms with Crippen LogP contribution in [-0.4, -0.2) is 21.7 Å². The number of rotatable bonds is 5. The molecule has 4 aromatic rings. The molecular weight excluding hydrogens is 482 g/mol. The summed E-state index contributed by atoms with van der Waals surface area (Å²) in [7, 11) is 0. The zero-order valence-electron chi connectivity index (χ0n) is 19.6. The van der Waals surface area contributed by atoms with Crippen LogP contribution in [0.3, 0.4) is 0 Å². The number of fused-ring (bicyclic) bond motifs is 2. The fraction of sp³-hybridized carbons (Fsp3) is 0.222. The van der Waals surface area contributed by atoms with Gasteiger partial charge in [0.05, 0.1) is 22.4 Å². The number of aryl methyl sites for hydroxylation is 1. The highest BCUT2D eigenvalue weighted by molar-refractivity contribution is 7.07. The van der Waals surface area contributed by atoms with Crippen molar-refractivity contribution in [2.24, 2.45) is 4.99 Å². The molecule has 1 atom stereocenters. The van der Waals surface area contributed by atoms with E-state index >= 15 is 0 Å². The molecule has 6 nitrogen and oxygen atoms in total. The Kier molecular flexibility index (Phi) is 6.21. The lowest BCUT2D eigenvalue weighted by Gasteiger charge is -2.25. The monoisotopic (exact) mass is 505 g/mol. The van der Waals surface area contributed by atoms with E-state index in [2.05, 4.69) is 34.8 Å². The SMILES string of the molecule is CCOC(=O)C1=C(C)N=c2s/c(=C\c3cn(CC)c4ccccc34)c(=O)n2[C@@H]1c1ccccc1Cl. The summed E-state index contributed by atoms with van der Waals surface area (Å²) in [5, 5.41) is 1.54. The molecule has 1 aliphatic rings. The number of hydrogen-bond acceptors (Lipinski definition) is 5. The lowest BCUT2D eigenvalue weighted by Crippen LogP contribution is -2.40. The highest BCUT2D eigenvalue weighted by Crippen LogP contribution is 2.34. The molecule has 0 N–H and O–H groups in total. The van der Waals surface area contributed by atoms with Gasteiger partial charge in [-0.1, -0.05) is 59.3 Å². The molecule has 0 amide bonds. The highest BCUT2D eigenvalue weighted by atomic mass is 35.5. The Labute approximate surface area is 211 Å². The number of hydrogen-bond donors (Lipinski definition) is 0. The maximum Gasteiger partial charge on any atom is 0.338 e. The molecule has 0 bridgehead atoms. The van der Waals surface area contributed by atoms with Gasteiger partial charge < -0.3 is 9.30 Å². The number of carbonyl (C=O) groups is 1. The smallest absolute Gasteiger partial charge is 0.338 e.